The molecule has 7 heteroatoms. The number of rotatable bonds is 5. The summed E-state index contributed by atoms with van der Waals surface area (Å²) < 4.78 is 7.21. The molecule has 1 saturated carbocycles. The summed E-state index contributed by atoms with van der Waals surface area (Å²) in [4.78, 5) is 14.5. The van der Waals surface area contributed by atoms with Crippen molar-refractivity contribution in [3.8, 4) is 0 Å². The van der Waals surface area contributed by atoms with E-state index in [4.69, 9.17) is 4.74 Å². The lowest BCUT2D eigenvalue weighted by Gasteiger charge is -2.41. The molecule has 3 rings (SSSR count). The van der Waals surface area contributed by atoms with Gasteiger partial charge in [0.25, 0.3) is 0 Å². The molecule has 0 aromatic carbocycles. The smallest absolute Gasteiger partial charge is 0.320 e. The molecule has 1 aliphatic heterocycles. The standard InChI is InChI=1S/C16H27N5O2/c1-20-9-4-13(5-10-20)21-11-6-14(19-21)17-15(22)18-16(12-23-2)7-3-8-16/h6,11,13H,3-5,7-10,12H2,1-2H3,(H2,17,18,19,22). The maximum absolute atomic E-state index is 12.2. The van der Waals surface area contributed by atoms with E-state index < -0.39 is 0 Å². The fourth-order valence-electron chi connectivity index (χ4n) is 3.44. The first kappa shape index (κ1) is 16.3. The molecule has 128 valence electrons. The zero-order valence-electron chi connectivity index (χ0n) is 14.0. The molecule has 0 unspecified atom stereocenters. The highest BCUT2D eigenvalue weighted by molar-refractivity contribution is 5.88. The average Bonchev–Trinajstić information content (AvgIpc) is 2.94. The van der Waals surface area contributed by atoms with E-state index in [1.165, 1.54) is 0 Å². The zero-order valence-corrected chi connectivity index (χ0v) is 14.0. The number of nitrogens with zero attached hydrogens (tertiary/aromatic N) is 3. The Morgan fingerprint density at radius 3 is 2.78 bits per heavy atom. The Bertz CT molecular complexity index is 532. The Balaban J connectivity index is 1.53. The van der Waals surface area contributed by atoms with Crippen LogP contribution in [0, 0.1) is 0 Å². The maximum atomic E-state index is 12.2. The van der Waals surface area contributed by atoms with E-state index in [1.807, 2.05) is 16.9 Å². The van der Waals surface area contributed by atoms with Crippen LogP contribution in [0.1, 0.15) is 38.1 Å². The van der Waals surface area contributed by atoms with Gasteiger partial charge < -0.3 is 15.0 Å². The zero-order chi connectivity index (χ0) is 16.3. The summed E-state index contributed by atoms with van der Waals surface area (Å²) in [5.74, 6) is 0.605. The molecule has 1 aromatic rings. The number of hydrogen-bond acceptors (Lipinski definition) is 4. The van der Waals surface area contributed by atoms with Gasteiger partial charge >= 0.3 is 6.03 Å². The van der Waals surface area contributed by atoms with Crippen LogP contribution in [0.25, 0.3) is 0 Å². The molecular weight excluding hydrogens is 294 g/mol. The SMILES string of the molecule is COCC1(NC(=O)Nc2ccn(C3CCN(C)CC3)n2)CCC1. The molecule has 2 aliphatic rings. The highest BCUT2D eigenvalue weighted by Crippen LogP contribution is 2.32. The number of carbonyl (C=O) groups is 1. The number of nitrogens with one attached hydrogen (secondary N) is 2. The lowest BCUT2D eigenvalue weighted by molar-refractivity contribution is 0.0648. The maximum Gasteiger partial charge on any atom is 0.320 e. The van der Waals surface area contributed by atoms with Gasteiger partial charge in [-0.3, -0.25) is 10.00 Å². The van der Waals surface area contributed by atoms with Gasteiger partial charge in [-0.15, -0.1) is 0 Å². The Morgan fingerprint density at radius 2 is 2.17 bits per heavy atom. The molecule has 0 spiro atoms. The van der Waals surface area contributed by atoms with Crippen LogP contribution in [0.2, 0.25) is 0 Å². The molecular formula is C16H27N5O2. The summed E-state index contributed by atoms with van der Waals surface area (Å²) in [6.07, 6.45) is 7.23. The summed E-state index contributed by atoms with van der Waals surface area (Å²) in [7, 11) is 3.82. The van der Waals surface area contributed by atoms with E-state index in [2.05, 4.69) is 27.7 Å². The lowest BCUT2D eigenvalue weighted by atomic mass is 9.77. The number of carbonyl (C=O) groups excluding carboxylic acids is 1. The van der Waals surface area contributed by atoms with Crippen LogP contribution in [0.15, 0.2) is 12.3 Å². The summed E-state index contributed by atoms with van der Waals surface area (Å²) in [5.41, 5.74) is -0.199. The molecule has 7 nitrogen and oxygen atoms in total. The predicted octanol–water partition coefficient (Wildman–Crippen LogP) is 1.84. The fourth-order valence-corrected chi connectivity index (χ4v) is 3.44. The Kier molecular flexibility index (Phi) is 4.87. The highest BCUT2D eigenvalue weighted by atomic mass is 16.5. The number of likely N-dealkylation sites (tertiary alicyclic amines) is 1. The molecule has 1 aromatic heterocycles. The van der Waals surface area contributed by atoms with Crippen molar-refractivity contribution in [3.63, 3.8) is 0 Å². The van der Waals surface area contributed by atoms with Gasteiger partial charge in [-0.1, -0.05) is 0 Å². The summed E-state index contributed by atoms with van der Waals surface area (Å²) in [5, 5.41) is 10.4. The molecule has 0 radical (unpaired) electrons. The number of anilines is 1. The third-order valence-electron chi connectivity index (χ3n) is 5.02. The number of ether oxygens (including phenoxy) is 1. The Morgan fingerprint density at radius 1 is 1.43 bits per heavy atom. The van der Waals surface area contributed by atoms with Gasteiger partial charge in [0, 0.05) is 19.4 Å². The normalized spacial score (nSPS) is 21.7. The molecule has 2 amide bonds. The minimum Gasteiger partial charge on any atom is -0.382 e. The van der Waals surface area contributed by atoms with Crippen molar-refractivity contribution < 1.29 is 9.53 Å². The summed E-state index contributed by atoms with van der Waals surface area (Å²) in [6, 6.07) is 2.09. The first-order valence-electron chi connectivity index (χ1n) is 8.42. The quantitative estimate of drug-likeness (QED) is 0.868. The number of amides is 2. The lowest BCUT2D eigenvalue weighted by Crippen LogP contribution is -2.57. The van der Waals surface area contributed by atoms with Crippen LogP contribution >= 0.6 is 0 Å². The predicted molar refractivity (Wildman–Crippen MR) is 88.6 cm³/mol. The van der Waals surface area contributed by atoms with Gasteiger partial charge in [0.15, 0.2) is 5.82 Å². The van der Waals surface area contributed by atoms with E-state index in [0.29, 0.717) is 18.5 Å². The van der Waals surface area contributed by atoms with Crippen LogP contribution in [0.3, 0.4) is 0 Å². The fraction of sp³-hybridized carbons (Fsp3) is 0.750. The first-order valence-corrected chi connectivity index (χ1v) is 8.42. The van der Waals surface area contributed by atoms with Gasteiger partial charge in [-0.05, 0) is 52.2 Å². The second kappa shape index (κ2) is 6.88. The number of hydrogen-bond donors (Lipinski definition) is 2. The van der Waals surface area contributed by atoms with Crippen LogP contribution in [0.5, 0.6) is 0 Å². The monoisotopic (exact) mass is 321 g/mol. The minimum atomic E-state index is -0.199. The van der Waals surface area contributed by atoms with Crippen molar-refractivity contribution in [1.29, 1.82) is 0 Å². The van der Waals surface area contributed by atoms with Crippen LogP contribution in [-0.4, -0.2) is 60.1 Å². The third-order valence-corrected chi connectivity index (χ3v) is 5.02. The molecule has 1 saturated heterocycles. The molecule has 2 heterocycles. The van der Waals surface area contributed by atoms with E-state index in [9.17, 15) is 4.79 Å². The van der Waals surface area contributed by atoms with Gasteiger partial charge in [-0.2, -0.15) is 5.10 Å². The molecule has 23 heavy (non-hydrogen) atoms. The van der Waals surface area contributed by atoms with E-state index >= 15 is 0 Å². The summed E-state index contributed by atoms with van der Waals surface area (Å²) >= 11 is 0. The number of piperidine rings is 1. The van der Waals surface area contributed by atoms with Crippen LogP contribution in [0.4, 0.5) is 10.6 Å². The average molecular weight is 321 g/mol. The van der Waals surface area contributed by atoms with E-state index in [-0.39, 0.29) is 11.6 Å². The van der Waals surface area contributed by atoms with Gasteiger partial charge in [0.1, 0.15) is 0 Å². The van der Waals surface area contributed by atoms with Crippen molar-refractivity contribution in [2.24, 2.45) is 0 Å². The van der Waals surface area contributed by atoms with Crippen molar-refractivity contribution in [2.75, 3.05) is 39.2 Å². The van der Waals surface area contributed by atoms with Crippen molar-refractivity contribution >= 4 is 11.8 Å². The van der Waals surface area contributed by atoms with E-state index in [1.54, 1.807) is 7.11 Å². The van der Waals surface area contributed by atoms with Crippen molar-refractivity contribution in [3.05, 3.63) is 12.3 Å². The number of urea groups is 1. The first-order chi connectivity index (χ1) is 11.1. The third kappa shape index (κ3) is 3.84. The Labute approximate surface area is 137 Å². The van der Waals surface area contributed by atoms with Gasteiger partial charge in [-0.25, -0.2) is 4.79 Å². The molecule has 2 N–H and O–H groups in total. The molecule has 2 fully saturated rings. The second-order valence-corrected chi connectivity index (χ2v) is 6.86. The van der Waals surface area contributed by atoms with Crippen LogP contribution in [-0.2, 0) is 4.74 Å². The minimum absolute atomic E-state index is 0.199. The molecule has 0 atom stereocenters. The largest absolute Gasteiger partial charge is 0.382 e. The van der Waals surface area contributed by atoms with Crippen molar-refractivity contribution in [1.82, 2.24) is 20.0 Å². The summed E-state index contributed by atoms with van der Waals surface area (Å²) in [6.45, 7) is 2.74. The van der Waals surface area contributed by atoms with Crippen molar-refractivity contribution in [2.45, 2.75) is 43.7 Å². The number of aromatic nitrogens is 2. The van der Waals surface area contributed by atoms with Crippen LogP contribution < -0.4 is 10.6 Å². The topological polar surface area (TPSA) is 71.4 Å². The van der Waals surface area contributed by atoms with Gasteiger partial charge in [0.05, 0.1) is 18.2 Å². The number of methoxy groups -OCH3 is 1. The molecule has 0 bridgehead atoms. The van der Waals surface area contributed by atoms with Gasteiger partial charge in [0.2, 0.25) is 0 Å². The highest BCUT2D eigenvalue weighted by Gasteiger charge is 2.38. The van der Waals surface area contributed by atoms with E-state index in [0.717, 1.165) is 45.2 Å². The second-order valence-electron chi connectivity index (χ2n) is 6.86. The molecule has 1 aliphatic carbocycles. The Hall–Kier alpha value is -1.60.